The van der Waals surface area contributed by atoms with E-state index in [1.54, 1.807) is 41.3 Å². The number of carbonyl (C=O) groups excluding carboxylic acids is 1. The maximum Gasteiger partial charge on any atom is 0.245 e. The molecular formula is C18H19N3O3S3. The first-order valence-corrected chi connectivity index (χ1v) is 11.9. The van der Waals surface area contributed by atoms with E-state index in [0.29, 0.717) is 11.4 Å². The number of hydrogen-bond donors (Lipinski definition) is 1. The molecule has 0 atom stereocenters. The molecule has 0 spiro atoms. The SMILES string of the molecule is CSc1nc2ccc(NC(=O)CN(c3ccccc3C)S(C)(=O)=O)cc2s1. The highest BCUT2D eigenvalue weighted by Gasteiger charge is 2.22. The van der Waals surface area contributed by atoms with E-state index in [-0.39, 0.29) is 6.54 Å². The van der Waals surface area contributed by atoms with Crippen LogP contribution in [0.2, 0.25) is 0 Å². The summed E-state index contributed by atoms with van der Waals surface area (Å²) >= 11 is 3.12. The second-order valence-electron chi connectivity index (χ2n) is 5.97. The van der Waals surface area contributed by atoms with Gasteiger partial charge in [0.25, 0.3) is 0 Å². The Bertz CT molecular complexity index is 1090. The smallest absolute Gasteiger partial charge is 0.245 e. The Labute approximate surface area is 166 Å². The maximum absolute atomic E-state index is 12.5. The topological polar surface area (TPSA) is 79.4 Å². The molecule has 1 N–H and O–H groups in total. The number of anilines is 2. The van der Waals surface area contributed by atoms with Crippen molar-refractivity contribution in [1.29, 1.82) is 0 Å². The molecule has 3 rings (SSSR count). The predicted molar refractivity (Wildman–Crippen MR) is 113 cm³/mol. The van der Waals surface area contributed by atoms with Crippen molar-refractivity contribution in [2.24, 2.45) is 0 Å². The van der Waals surface area contributed by atoms with Gasteiger partial charge < -0.3 is 5.32 Å². The summed E-state index contributed by atoms with van der Waals surface area (Å²) in [4.78, 5) is 17.0. The number of rotatable bonds is 6. The predicted octanol–water partition coefficient (Wildman–Crippen LogP) is 3.73. The van der Waals surface area contributed by atoms with Crippen molar-refractivity contribution in [1.82, 2.24) is 4.98 Å². The number of fused-ring (bicyclic) bond motifs is 1. The van der Waals surface area contributed by atoms with Gasteiger partial charge in [0.15, 0.2) is 4.34 Å². The van der Waals surface area contributed by atoms with Crippen LogP contribution in [-0.2, 0) is 14.8 Å². The zero-order valence-electron chi connectivity index (χ0n) is 15.1. The largest absolute Gasteiger partial charge is 0.324 e. The monoisotopic (exact) mass is 421 g/mol. The molecule has 0 saturated carbocycles. The van der Waals surface area contributed by atoms with Gasteiger partial charge in [-0.1, -0.05) is 30.0 Å². The third kappa shape index (κ3) is 4.60. The number of aromatic nitrogens is 1. The first-order chi connectivity index (χ1) is 12.8. The van der Waals surface area contributed by atoms with Crippen molar-refractivity contribution in [3.63, 3.8) is 0 Å². The molecule has 3 aromatic rings. The molecule has 0 radical (unpaired) electrons. The van der Waals surface area contributed by atoms with Crippen LogP contribution in [0.1, 0.15) is 5.56 Å². The van der Waals surface area contributed by atoms with Crippen molar-refractivity contribution in [3.8, 4) is 0 Å². The molecule has 1 heterocycles. The fraction of sp³-hybridized carbons (Fsp3) is 0.222. The highest BCUT2D eigenvalue weighted by Crippen LogP contribution is 2.30. The number of nitrogens with one attached hydrogen (secondary N) is 1. The van der Waals surface area contributed by atoms with E-state index in [0.717, 1.165) is 30.7 Å². The molecule has 0 aliphatic carbocycles. The quantitative estimate of drug-likeness (QED) is 0.614. The number of hydrogen-bond acceptors (Lipinski definition) is 6. The Hall–Kier alpha value is -2.10. The molecular weight excluding hydrogens is 402 g/mol. The second-order valence-corrected chi connectivity index (χ2v) is 9.96. The molecule has 27 heavy (non-hydrogen) atoms. The summed E-state index contributed by atoms with van der Waals surface area (Å²) in [5.74, 6) is -0.405. The van der Waals surface area contributed by atoms with Crippen molar-refractivity contribution >= 4 is 60.6 Å². The number of sulfonamides is 1. The van der Waals surface area contributed by atoms with Crippen LogP contribution < -0.4 is 9.62 Å². The zero-order chi connectivity index (χ0) is 19.6. The normalized spacial score (nSPS) is 11.5. The van der Waals surface area contributed by atoms with Gasteiger partial charge in [-0.25, -0.2) is 13.4 Å². The number of carbonyl (C=O) groups is 1. The Morgan fingerprint density at radius 3 is 2.67 bits per heavy atom. The standard InChI is InChI=1S/C18H19N3O3S3/c1-12-6-4-5-7-15(12)21(27(3,23)24)11-17(22)19-13-8-9-14-16(10-13)26-18(20-14)25-2/h4-10H,11H2,1-3H3,(H,19,22). The van der Waals surface area contributed by atoms with Crippen LogP contribution in [0, 0.1) is 6.92 Å². The Morgan fingerprint density at radius 2 is 2.00 bits per heavy atom. The molecule has 0 unspecified atom stereocenters. The van der Waals surface area contributed by atoms with Gasteiger partial charge in [0.05, 0.1) is 22.2 Å². The van der Waals surface area contributed by atoms with Gasteiger partial charge in [-0.05, 0) is 43.0 Å². The molecule has 142 valence electrons. The van der Waals surface area contributed by atoms with E-state index >= 15 is 0 Å². The molecule has 1 aromatic heterocycles. The lowest BCUT2D eigenvalue weighted by atomic mass is 10.2. The molecule has 0 aliphatic heterocycles. The van der Waals surface area contributed by atoms with Gasteiger partial charge in [-0.15, -0.1) is 11.3 Å². The number of thiazole rings is 1. The number of benzene rings is 2. The number of para-hydroxylation sites is 1. The maximum atomic E-state index is 12.5. The number of amides is 1. The fourth-order valence-electron chi connectivity index (χ4n) is 2.62. The summed E-state index contributed by atoms with van der Waals surface area (Å²) in [5, 5.41) is 2.78. The zero-order valence-corrected chi connectivity index (χ0v) is 17.5. The first kappa shape index (κ1) is 19.7. The van der Waals surface area contributed by atoms with Gasteiger partial charge in [-0.2, -0.15) is 0 Å². The van der Waals surface area contributed by atoms with Crippen LogP contribution in [0.3, 0.4) is 0 Å². The van der Waals surface area contributed by atoms with Crippen LogP contribution in [0.15, 0.2) is 46.8 Å². The lowest BCUT2D eigenvalue weighted by molar-refractivity contribution is -0.114. The summed E-state index contributed by atoms with van der Waals surface area (Å²) in [7, 11) is -3.60. The van der Waals surface area contributed by atoms with E-state index in [1.807, 2.05) is 37.4 Å². The number of aryl methyl sites for hydroxylation is 1. The summed E-state index contributed by atoms with van der Waals surface area (Å²) in [6.45, 7) is 1.52. The van der Waals surface area contributed by atoms with Crippen molar-refractivity contribution in [2.75, 3.05) is 28.7 Å². The summed E-state index contributed by atoms with van der Waals surface area (Å²) < 4.78 is 27.5. The van der Waals surface area contributed by atoms with Crippen LogP contribution in [0.4, 0.5) is 11.4 Å². The highest BCUT2D eigenvalue weighted by atomic mass is 32.2. The minimum atomic E-state index is -3.60. The van der Waals surface area contributed by atoms with E-state index in [4.69, 9.17) is 0 Å². The minimum Gasteiger partial charge on any atom is -0.324 e. The van der Waals surface area contributed by atoms with E-state index in [2.05, 4.69) is 10.3 Å². The fourth-order valence-corrected chi connectivity index (χ4v) is 5.07. The molecule has 0 bridgehead atoms. The third-order valence-corrected chi connectivity index (χ3v) is 7.03. The van der Waals surface area contributed by atoms with Crippen LogP contribution in [0.25, 0.3) is 10.2 Å². The average Bonchev–Trinajstić information content (AvgIpc) is 3.02. The average molecular weight is 422 g/mol. The van der Waals surface area contributed by atoms with Crippen molar-refractivity contribution in [2.45, 2.75) is 11.3 Å². The third-order valence-electron chi connectivity index (χ3n) is 3.90. The Kier molecular flexibility index (Phi) is 5.73. The Balaban J connectivity index is 1.81. The summed E-state index contributed by atoms with van der Waals surface area (Å²) in [6.07, 6.45) is 3.06. The summed E-state index contributed by atoms with van der Waals surface area (Å²) in [6, 6.07) is 12.5. The van der Waals surface area contributed by atoms with Gasteiger partial charge in [0, 0.05) is 5.69 Å². The molecule has 6 nitrogen and oxygen atoms in total. The number of nitrogens with zero attached hydrogens (tertiary/aromatic N) is 2. The van der Waals surface area contributed by atoms with Gasteiger partial charge in [0.2, 0.25) is 15.9 Å². The lowest BCUT2D eigenvalue weighted by Gasteiger charge is -2.23. The van der Waals surface area contributed by atoms with Gasteiger partial charge in [-0.3, -0.25) is 9.10 Å². The van der Waals surface area contributed by atoms with Crippen LogP contribution in [0.5, 0.6) is 0 Å². The van der Waals surface area contributed by atoms with E-state index in [9.17, 15) is 13.2 Å². The first-order valence-electron chi connectivity index (χ1n) is 8.05. The molecule has 0 saturated heterocycles. The molecule has 9 heteroatoms. The van der Waals surface area contributed by atoms with Crippen molar-refractivity contribution in [3.05, 3.63) is 48.0 Å². The van der Waals surface area contributed by atoms with E-state index in [1.165, 1.54) is 0 Å². The van der Waals surface area contributed by atoms with Gasteiger partial charge >= 0.3 is 0 Å². The van der Waals surface area contributed by atoms with E-state index < -0.39 is 15.9 Å². The Morgan fingerprint density at radius 1 is 1.26 bits per heavy atom. The molecule has 1 amide bonds. The summed E-state index contributed by atoms with van der Waals surface area (Å²) in [5.41, 5.74) is 2.77. The number of thioether (sulfide) groups is 1. The minimum absolute atomic E-state index is 0.291. The molecule has 2 aromatic carbocycles. The second kappa shape index (κ2) is 7.87. The van der Waals surface area contributed by atoms with Crippen molar-refractivity contribution < 1.29 is 13.2 Å². The molecule has 0 aliphatic rings. The van der Waals surface area contributed by atoms with Gasteiger partial charge in [0.1, 0.15) is 6.54 Å². The van der Waals surface area contributed by atoms with Crippen LogP contribution in [-0.4, -0.2) is 38.4 Å². The molecule has 0 fully saturated rings. The van der Waals surface area contributed by atoms with Crippen LogP contribution >= 0.6 is 23.1 Å². The lowest BCUT2D eigenvalue weighted by Crippen LogP contribution is -2.37. The highest BCUT2D eigenvalue weighted by molar-refractivity contribution is 8.00.